The van der Waals surface area contributed by atoms with Crippen LogP contribution in [0.15, 0.2) is 53.5 Å². The molecule has 1 aromatic heterocycles. The number of fused-ring (bicyclic) bond motifs is 3. The van der Waals surface area contributed by atoms with Crippen LogP contribution in [0, 0.1) is 5.82 Å². The fraction of sp³-hybridized carbons (Fsp3) is 0.432. The van der Waals surface area contributed by atoms with Crippen molar-refractivity contribution < 1.29 is 23.5 Å². The highest BCUT2D eigenvalue weighted by Crippen LogP contribution is 2.48. The number of rotatable bonds is 9. The summed E-state index contributed by atoms with van der Waals surface area (Å²) in [5, 5.41) is 7.75. The quantitative estimate of drug-likeness (QED) is 0.191. The maximum absolute atomic E-state index is 16.3. The summed E-state index contributed by atoms with van der Waals surface area (Å²) in [6, 6.07) is 12.9. The molecule has 2 aliphatic rings. The third-order valence-electron chi connectivity index (χ3n) is 9.06. The Balaban J connectivity index is 1.41. The molecular weight excluding hydrogens is 613 g/mol. The highest BCUT2D eigenvalue weighted by atomic mass is 19.1. The first-order valence-corrected chi connectivity index (χ1v) is 16.7. The third-order valence-corrected chi connectivity index (χ3v) is 9.06. The standard InChI is InChI=1S/C37H44FN5O5/c1-7-10-25(41(5)6)13-15-39-35(45)27-21-43-29-17-22-11-8-9-12-23(22)18-30(29)47-34-31(43)26(33(27)44)19-28(38)32(34)42-16-14-24(20-42)40-36(46)48-37(2,3)4/h8-9,11-12,17-19,21,24-25H,7,10,13-16,20H2,1-6H3,(H,39,45)(H,40,46). The summed E-state index contributed by atoms with van der Waals surface area (Å²) in [5.74, 6) is -0.479. The van der Waals surface area contributed by atoms with Crippen LogP contribution in [0.3, 0.4) is 0 Å². The van der Waals surface area contributed by atoms with Gasteiger partial charge in [-0.1, -0.05) is 37.6 Å². The van der Waals surface area contributed by atoms with Gasteiger partial charge in [0.2, 0.25) is 5.43 Å². The molecule has 10 nitrogen and oxygen atoms in total. The summed E-state index contributed by atoms with van der Waals surface area (Å²) in [4.78, 5) is 44.0. The van der Waals surface area contributed by atoms with Crippen molar-refractivity contribution in [2.75, 3.05) is 38.6 Å². The first-order valence-electron chi connectivity index (χ1n) is 16.7. The topological polar surface area (TPSA) is 105 Å². The number of benzene rings is 3. The molecule has 0 radical (unpaired) electrons. The van der Waals surface area contributed by atoms with Crippen LogP contribution in [0.4, 0.5) is 14.9 Å². The largest absolute Gasteiger partial charge is 0.451 e. The Morgan fingerprint density at radius 2 is 1.85 bits per heavy atom. The normalized spacial score (nSPS) is 16.2. The van der Waals surface area contributed by atoms with E-state index >= 15 is 4.39 Å². The second-order valence-corrected chi connectivity index (χ2v) is 14.0. The Morgan fingerprint density at radius 3 is 2.54 bits per heavy atom. The van der Waals surface area contributed by atoms with Crippen molar-refractivity contribution in [3.05, 3.63) is 70.3 Å². The molecule has 3 aromatic carbocycles. The predicted molar refractivity (Wildman–Crippen MR) is 186 cm³/mol. The number of nitrogens with one attached hydrogen (secondary N) is 2. The SMILES string of the molecule is CCCC(CCNC(=O)c1cn2c3c(c(N4CCC(NC(=O)OC(C)(C)C)C4)c(F)cc3c1=O)Oc1cc3ccccc3cc1-2)N(C)C. The summed E-state index contributed by atoms with van der Waals surface area (Å²) in [5.41, 5.74) is -0.0610. The molecule has 2 N–H and O–H groups in total. The molecule has 0 spiro atoms. The smallest absolute Gasteiger partial charge is 0.407 e. The zero-order valence-electron chi connectivity index (χ0n) is 28.5. The van der Waals surface area contributed by atoms with Gasteiger partial charge in [-0.15, -0.1) is 0 Å². The zero-order valence-corrected chi connectivity index (χ0v) is 28.5. The van der Waals surface area contributed by atoms with E-state index in [9.17, 15) is 14.4 Å². The fourth-order valence-corrected chi connectivity index (χ4v) is 6.74. The second-order valence-electron chi connectivity index (χ2n) is 14.0. The minimum absolute atomic E-state index is 0.0532. The number of amides is 2. The Kier molecular flexibility index (Phi) is 9.08. The van der Waals surface area contributed by atoms with Gasteiger partial charge in [-0.05, 0) is 83.1 Å². The van der Waals surface area contributed by atoms with Gasteiger partial charge in [0, 0.05) is 31.9 Å². The van der Waals surface area contributed by atoms with Crippen molar-refractivity contribution in [1.82, 2.24) is 20.1 Å². The van der Waals surface area contributed by atoms with Crippen molar-refractivity contribution in [3.63, 3.8) is 0 Å². The van der Waals surface area contributed by atoms with Crippen LogP contribution in [-0.2, 0) is 4.74 Å². The van der Waals surface area contributed by atoms with Crippen molar-refractivity contribution in [3.8, 4) is 17.2 Å². The van der Waals surface area contributed by atoms with Gasteiger partial charge in [0.15, 0.2) is 17.3 Å². The van der Waals surface area contributed by atoms with Crippen LogP contribution in [-0.4, -0.2) is 72.9 Å². The Bertz CT molecular complexity index is 1950. The van der Waals surface area contributed by atoms with Gasteiger partial charge in [-0.25, -0.2) is 9.18 Å². The van der Waals surface area contributed by atoms with E-state index in [2.05, 4.69) is 22.5 Å². The number of carbonyl (C=O) groups is 2. The molecule has 3 heterocycles. The average Bonchev–Trinajstić information content (AvgIpc) is 3.47. The van der Waals surface area contributed by atoms with Crippen LogP contribution in [0.5, 0.6) is 11.5 Å². The van der Waals surface area contributed by atoms with E-state index in [1.54, 1.807) is 31.5 Å². The molecule has 0 bridgehead atoms. The summed E-state index contributed by atoms with van der Waals surface area (Å²) in [6.07, 6.45) is 4.34. The lowest BCUT2D eigenvalue weighted by Crippen LogP contribution is -2.40. The Hall–Kier alpha value is -4.64. The molecule has 2 aliphatic heterocycles. The Morgan fingerprint density at radius 1 is 1.12 bits per heavy atom. The number of hydrogen-bond donors (Lipinski definition) is 2. The van der Waals surface area contributed by atoms with Crippen molar-refractivity contribution in [1.29, 1.82) is 0 Å². The fourth-order valence-electron chi connectivity index (χ4n) is 6.74. The lowest BCUT2D eigenvalue weighted by molar-refractivity contribution is 0.0508. The number of anilines is 1. The molecule has 4 aromatic rings. The van der Waals surface area contributed by atoms with Crippen LogP contribution in [0.1, 0.15) is 63.7 Å². The predicted octanol–water partition coefficient (Wildman–Crippen LogP) is 6.34. The minimum Gasteiger partial charge on any atom is -0.451 e. The number of nitrogens with zero attached hydrogens (tertiary/aromatic N) is 3. The number of halogens is 1. The van der Waals surface area contributed by atoms with Gasteiger partial charge in [0.05, 0.1) is 17.1 Å². The summed E-state index contributed by atoms with van der Waals surface area (Å²) >= 11 is 0. The second kappa shape index (κ2) is 13.1. The van der Waals surface area contributed by atoms with E-state index in [0.29, 0.717) is 49.1 Å². The van der Waals surface area contributed by atoms with E-state index in [0.717, 1.165) is 30.0 Å². The molecule has 1 fully saturated rings. The molecule has 1 saturated heterocycles. The number of aromatic nitrogens is 1. The van der Waals surface area contributed by atoms with Gasteiger partial charge < -0.3 is 34.5 Å². The maximum atomic E-state index is 16.3. The molecule has 0 saturated carbocycles. The molecule has 254 valence electrons. The molecule has 2 atom stereocenters. The van der Waals surface area contributed by atoms with E-state index < -0.39 is 28.8 Å². The molecule has 11 heteroatoms. The molecule has 2 amide bonds. The van der Waals surface area contributed by atoms with Gasteiger partial charge >= 0.3 is 6.09 Å². The van der Waals surface area contributed by atoms with Gasteiger partial charge in [0.25, 0.3) is 5.91 Å². The van der Waals surface area contributed by atoms with Crippen LogP contribution >= 0.6 is 0 Å². The molecular formula is C37H44FN5O5. The summed E-state index contributed by atoms with van der Waals surface area (Å²) < 4.78 is 30.0. The average molecular weight is 658 g/mol. The van der Waals surface area contributed by atoms with E-state index in [1.807, 2.05) is 55.4 Å². The van der Waals surface area contributed by atoms with Crippen LogP contribution < -0.4 is 25.7 Å². The summed E-state index contributed by atoms with van der Waals surface area (Å²) in [7, 11) is 4.04. The number of pyridine rings is 1. The highest BCUT2D eigenvalue weighted by molar-refractivity contribution is 6.02. The number of ether oxygens (including phenoxy) is 2. The van der Waals surface area contributed by atoms with E-state index in [1.165, 1.54) is 6.07 Å². The number of alkyl carbamates (subject to hydrolysis) is 1. The van der Waals surface area contributed by atoms with E-state index in [-0.39, 0.29) is 28.4 Å². The highest BCUT2D eigenvalue weighted by Gasteiger charge is 2.34. The van der Waals surface area contributed by atoms with Crippen molar-refractivity contribution in [2.45, 2.75) is 71.1 Å². The minimum atomic E-state index is -0.647. The maximum Gasteiger partial charge on any atom is 0.407 e. The zero-order chi connectivity index (χ0) is 34.3. The molecule has 2 unspecified atom stereocenters. The van der Waals surface area contributed by atoms with Crippen LogP contribution in [0.2, 0.25) is 0 Å². The monoisotopic (exact) mass is 657 g/mol. The van der Waals surface area contributed by atoms with Gasteiger partial charge in [-0.2, -0.15) is 0 Å². The molecule has 6 rings (SSSR count). The van der Waals surface area contributed by atoms with Gasteiger partial charge in [0.1, 0.15) is 22.4 Å². The molecule has 0 aliphatic carbocycles. The van der Waals surface area contributed by atoms with E-state index in [4.69, 9.17) is 9.47 Å². The van der Waals surface area contributed by atoms with Crippen molar-refractivity contribution >= 4 is 39.4 Å². The first kappa shape index (κ1) is 33.3. The number of hydrogen-bond acceptors (Lipinski definition) is 7. The van der Waals surface area contributed by atoms with Gasteiger partial charge in [-0.3, -0.25) is 9.59 Å². The lowest BCUT2D eigenvalue weighted by Gasteiger charge is -2.29. The first-order chi connectivity index (χ1) is 22.8. The lowest BCUT2D eigenvalue weighted by atomic mass is 10.0. The van der Waals surface area contributed by atoms with Crippen LogP contribution in [0.25, 0.3) is 27.4 Å². The molecule has 48 heavy (non-hydrogen) atoms. The Labute approximate surface area is 279 Å². The summed E-state index contributed by atoms with van der Waals surface area (Å²) in [6.45, 7) is 8.68. The van der Waals surface area contributed by atoms with Crippen molar-refractivity contribution in [2.24, 2.45) is 0 Å². The number of carbonyl (C=O) groups excluding carboxylic acids is 2. The third kappa shape index (κ3) is 6.56.